The van der Waals surface area contributed by atoms with Crippen LogP contribution in [0, 0.1) is 56.2 Å². The molecule has 47 heavy (non-hydrogen) atoms. The molecule has 1 heterocycles. The fourth-order valence-electron chi connectivity index (χ4n) is 14.6. The van der Waals surface area contributed by atoms with Crippen LogP contribution in [0.4, 0.5) is 0 Å². The Labute approximate surface area is 284 Å². The first-order valence-corrected chi connectivity index (χ1v) is 19.5. The molecule has 2 bridgehead atoms. The Balaban J connectivity index is 1.31. The second-order valence-corrected chi connectivity index (χ2v) is 19.0. The highest BCUT2D eigenvalue weighted by molar-refractivity contribution is 5.74. The highest BCUT2D eigenvalue weighted by Gasteiger charge is 2.78. The molecule has 0 unspecified atom stereocenters. The molecule has 13 atom stereocenters. The Hall–Kier alpha value is -1.43. The number of carbonyl (C=O) groups is 1. The SMILES string of the molecule is CCCCCC[C@@]12CC[C@@]3(C)[C@@H]4[C@@H](O)C[C@]5(O)O[C@H](Cc6ccccc6)[C@@]4(CC[C@@H]3[C@@]1(C)CC[C@@]1(C)CC[C@@](C)(C(=O)O)C[C@H]12)[C@H]5C. The van der Waals surface area contributed by atoms with Gasteiger partial charge in [0.15, 0.2) is 5.79 Å². The van der Waals surface area contributed by atoms with Crippen molar-refractivity contribution in [3.05, 3.63) is 35.9 Å². The summed E-state index contributed by atoms with van der Waals surface area (Å²) < 4.78 is 6.74. The van der Waals surface area contributed by atoms with E-state index >= 15 is 0 Å². The van der Waals surface area contributed by atoms with E-state index in [1.807, 2.05) is 6.92 Å². The van der Waals surface area contributed by atoms with Gasteiger partial charge in [-0.05, 0) is 123 Å². The molecular formula is C42H64O5. The number of hydrogen-bond donors (Lipinski definition) is 3. The number of rotatable bonds is 8. The van der Waals surface area contributed by atoms with E-state index in [-0.39, 0.29) is 45.0 Å². The monoisotopic (exact) mass is 648 g/mol. The molecule has 6 aliphatic rings. The average Bonchev–Trinajstić information content (AvgIpc) is 3.14. The highest BCUT2D eigenvalue weighted by atomic mass is 16.6. The van der Waals surface area contributed by atoms with E-state index in [1.54, 1.807) is 0 Å². The number of carboxylic acid groups (broad SMARTS) is 1. The molecule has 3 N–H and O–H groups in total. The van der Waals surface area contributed by atoms with Crippen molar-refractivity contribution in [2.75, 3.05) is 0 Å². The van der Waals surface area contributed by atoms with Crippen molar-refractivity contribution in [1.82, 2.24) is 0 Å². The van der Waals surface area contributed by atoms with E-state index in [0.717, 1.165) is 51.4 Å². The van der Waals surface area contributed by atoms with Crippen LogP contribution in [-0.2, 0) is 16.0 Å². The predicted octanol–water partition coefficient (Wildman–Crippen LogP) is 9.18. The Kier molecular flexibility index (Phi) is 8.18. The van der Waals surface area contributed by atoms with Gasteiger partial charge in [-0.2, -0.15) is 0 Å². The van der Waals surface area contributed by atoms with Gasteiger partial charge in [0.05, 0.1) is 17.6 Å². The number of ether oxygens (including phenoxy) is 1. The van der Waals surface area contributed by atoms with E-state index in [4.69, 9.17) is 4.74 Å². The summed E-state index contributed by atoms with van der Waals surface area (Å²) in [5, 5.41) is 34.7. The maximum absolute atomic E-state index is 12.8. The zero-order valence-electron chi connectivity index (χ0n) is 30.3. The first-order chi connectivity index (χ1) is 22.1. The van der Waals surface area contributed by atoms with Crippen LogP contribution in [-0.4, -0.2) is 39.3 Å². The summed E-state index contributed by atoms with van der Waals surface area (Å²) >= 11 is 0. The van der Waals surface area contributed by atoms with Crippen molar-refractivity contribution >= 4 is 5.97 Å². The minimum atomic E-state index is -1.28. The van der Waals surface area contributed by atoms with Gasteiger partial charge in [-0.1, -0.05) is 90.6 Å². The summed E-state index contributed by atoms with van der Waals surface area (Å²) in [7, 11) is 0. The van der Waals surface area contributed by atoms with E-state index in [1.165, 1.54) is 50.5 Å². The largest absolute Gasteiger partial charge is 0.481 e. The number of aliphatic hydroxyl groups excluding tert-OH is 1. The predicted molar refractivity (Wildman–Crippen MR) is 185 cm³/mol. The first kappa shape index (κ1) is 34.0. The lowest BCUT2D eigenvalue weighted by molar-refractivity contribution is -0.291. The van der Waals surface area contributed by atoms with Crippen LogP contribution in [0.25, 0.3) is 0 Å². The molecule has 5 saturated carbocycles. The van der Waals surface area contributed by atoms with Gasteiger partial charge in [-0.3, -0.25) is 4.79 Å². The second-order valence-electron chi connectivity index (χ2n) is 19.0. The van der Waals surface area contributed by atoms with Crippen molar-refractivity contribution in [3.8, 4) is 0 Å². The highest BCUT2D eigenvalue weighted by Crippen LogP contribution is 2.81. The molecule has 0 amide bonds. The van der Waals surface area contributed by atoms with Gasteiger partial charge in [-0.15, -0.1) is 0 Å². The number of fused-ring (bicyclic) bond motifs is 7. The molecule has 0 aromatic heterocycles. The van der Waals surface area contributed by atoms with Gasteiger partial charge in [-0.25, -0.2) is 0 Å². The lowest BCUT2D eigenvalue weighted by atomic mass is 9.28. The van der Waals surface area contributed by atoms with Crippen LogP contribution in [0.3, 0.4) is 0 Å². The van der Waals surface area contributed by atoms with Gasteiger partial charge in [0, 0.05) is 17.8 Å². The Morgan fingerprint density at radius 1 is 0.894 bits per heavy atom. The van der Waals surface area contributed by atoms with Crippen LogP contribution >= 0.6 is 0 Å². The second kappa shape index (κ2) is 11.3. The van der Waals surface area contributed by atoms with Gasteiger partial charge >= 0.3 is 5.97 Å². The molecule has 1 aromatic rings. The van der Waals surface area contributed by atoms with E-state index in [2.05, 4.69) is 65.0 Å². The van der Waals surface area contributed by atoms with Crippen LogP contribution in [0.5, 0.6) is 0 Å². The van der Waals surface area contributed by atoms with Gasteiger partial charge in [0.2, 0.25) is 0 Å². The molecule has 7 rings (SSSR count). The van der Waals surface area contributed by atoms with E-state index in [9.17, 15) is 20.1 Å². The smallest absolute Gasteiger partial charge is 0.309 e. The van der Waals surface area contributed by atoms with Gasteiger partial charge < -0.3 is 20.1 Å². The van der Waals surface area contributed by atoms with Crippen LogP contribution < -0.4 is 0 Å². The number of unbranched alkanes of at least 4 members (excludes halogenated alkanes) is 3. The van der Waals surface area contributed by atoms with Crippen LogP contribution in [0.15, 0.2) is 30.3 Å². The third-order valence-electron chi connectivity index (χ3n) is 17.2. The van der Waals surface area contributed by atoms with Gasteiger partial charge in [0.1, 0.15) is 0 Å². The van der Waals surface area contributed by atoms with Crippen molar-refractivity contribution in [3.63, 3.8) is 0 Å². The Morgan fingerprint density at radius 2 is 1.62 bits per heavy atom. The van der Waals surface area contributed by atoms with Crippen molar-refractivity contribution in [1.29, 1.82) is 0 Å². The lowest BCUT2D eigenvalue weighted by Gasteiger charge is -2.76. The maximum atomic E-state index is 12.8. The standard InChI is InChI=1S/C42H64O5/c1-7-8-9-13-17-40-24-22-38(5)31(39(40,6)23-21-36(3)19-20-37(4,35(44)45)27-32(36)40)16-18-41-28(2)42(46,26-30(43)34(38)41)47-33(41)25-29-14-11-10-12-15-29/h10-12,14-15,28,30-34,43,46H,7-9,13,16-27H2,1-6H3,(H,44,45)/t28-,30+,31+,32-,33-,34+,36-,37-,38-,39-,40+,41-,42+/m1/s1. The first-order valence-electron chi connectivity index (χ1n) is 19.5. The molecule has 1 spiro atoms. The van der Waals surface area contributed by atoms with E-state index < -0.39 is 23.3 Å². The summed E-state index contributed by atoms with van der Waals surface area (Å²) in [5.41, 5.74) is 0.625. The topological polar surface area (TPSA) is 87.0 Å². The molecule has 262 valence electrons. The molecule has 5 aliphatic carbocycles. The molecule has 1 aromatic carbocycles. The minimum Gasteiger partial charge on any atom is -0.481 e. The van der Waals surface area contributed by atoms with Crippen molar-refractivity contribution in [2.24, 2.45) is 56.2 Å². The van der Waals surface area contributed by atoms with Gasteiger partial charge in [0.25, 0.3) is 0 Å². The lowest BCUT2D eigenvalue weighted by Crippen LogP contribution is -2.71. The zero-order chi connectivity index (χ0) is 33.7. The molecule has 1 aliphatic heterocycles. The molecule has 6 fully saturated rings. The zero-order valence-corrected chi connectivity index (χ0v) is 30.3. The van der Waals surface area contributed by atoms with Crippen LogP contribution in [0.1, 0.15) is 143 Å². The fourth-order valence-corrected chi connectivity index (χ4v) is 14.6. The summed E-state index contributed by atoms with van der Waals surface area (Å²) in [6.45, 7) is 14.2. The summed E-state index contributed by atoms with van der Waals surface area (Å²) in [6, 6.07) is 10.6. The quantitative estimate of drug-likeness (QED) is 0.245. The molecular weight excluding hydrogens is 584 g/mol. The van der Waals surface area contributed by atoms with E-state index in [0.29, 0.717) is 18.3 Å². The maximum Gasteiger partial charge on any atom is 0.309 e. The van der Waals surface area contributed by atoms with Crippen molar-refractivity contribution in [2.45, 2.75) is 162 Å². The Bertz CT molecular complexity index is 1350. The normalized spacial score (nSPS) is 51.7. The average molecular weight is 649 g/mol. The number of benzene rings is 1. The third-order valence-corrected chi connectivity index (χ3v) is 17.2. The summed E-state index contributed by atoms with van der Waals surface area (Å²) in [4.78, 5) is 12.8. The number of aliphatic carboxylic acids is 1. The summed E-state index contributed by atoms with van der Waals surface area (Å²) in [6.07, 6.45) is 15.8. The molecule has 5 nitrogen and oxygen atoms in total. The number of hydrogen-bond acceptors (Lipinski definition) is 4. The van der Waals surface area contributed by atoms with Crippen molar-refractivity contribution < 1.29 is 24.9 Å². The third kappa shape index (κ3) is 4.60. The number of carboxylic acids is 1. The molecule has 0 radical (unpaired) electrons. The summed E-state index contributed by atoms with van der Waals surface area (Å²) in [5.74, 6) is -0.987. The molecule has 5 heteroatoms. The minimum absolute atomic E-state index is 0.0345. The Morgan fingerprint density at radius 3 is 2.32 bits per heavy atom. The molecule has 1 saturated heterocycles. The fraction of sp³-hybridized carbons (Fsp3) is 0.833. The van der Waals surface area contributed by atoms with Crippen LogP contribution in [0.2, 0.25) is 0 Å². The number of aliphatic hydroxyl groups is 2.